The van der Waals surface area contributed by atoms with Crippen molar-refractivity contribution in [2.45, 2.75) is 11.8 Å². The molecule has 0 N–H and O–H groups in total. The minimum absolute atomic E-state index is 0.154. The number of nitrogens with zero attached hydrogens (tertiary/aromatic N) is 1. The van der Waals surface area contributed by atoms with E-state index in [9.17, 15) is 8.42 Å². The summed E-state index contributed by atoms with van der Waals surface area (Å²) in [6.45, 7) is 1.90. The fourth-order valence-corrected chi connectivity index (χ4v) is 3.11. The Kier molecular flexibility index (Phi) is 3.22. The maximum Gasteiger partial charge on any atom is 0.339 e. The summed E-state index contributed by atoms with van der Waals surface area (Å²) in [4.78, 5) is 0.154. The number of benzene rings is 2. The lowest BCUT2D eigenvalue weighted by Gasteiger charge is -2.07. The second-order valence-corrected chi connectivity index (χ2v) is 6.54. The van der Waals surface area contributed by atoms with Crippen molar-refractivity contribution >= 4 is 21.0 Å². The van der Waals surface area contributed by atoms with Crippen molar-refractivity contribution in [3.63, 3.8) is 0 Å². The zero-order valence-corrected chi connectivity index (χ0v) is 12.6. The smallest absolute Gasteiger partial charge is 0.339 e. The van der Waals surface area contributed by atoms with Crippen LogP contribution in [0.3, 0.4) is 0 Å². The first-order chi connectivity index (χ1) is 9.95. The quantitative estimate of drug-likeness (QED) is 0.698. The van der Waals surface area contributed by atoms with Crippen LogP contribution in [0.5, 0.6) is 5.75 Å². The van der Waals surface area contributed by atoms with Crippen molar-refractivity contribution in [2.75, 3.05) is 0 Å². The molecule has 3 aromatic rings. The van der Waals surface area contributed by atoms with Crippen molar-refractivity contribution in [1.82, 2.24) is 4.57 Å². The summed E-state index contributed by atoms with van der Waals surface area (Å²) in [6.07, 6.45) is 1.92. The van der Waals surface area contributed by atoms with Crippen molar-refractivity contribution < 1.29 is 12.6 Å². The van der Waals surface area contributed by atoms with Crippen LogP contribution in [-0.2, 0) is 17.2 Å². The number of hydrogen-bond donors (Lipinski definition) is 0. The average molecular weight is 301 g/mol. The normalized spacial score (nSPS) is 11.7. The van der Waals surface area contributed by atoms with Gasteiger partial charge in [-0.25, -0.2) is 0 Å². The molecule has 108 valence electrons. The Bertz CT molecular complexity index is 893. The van der Waals surface area contributed by atoms with Crippen LogP contribution in [0.25, 0.3) is 10.9 Å². The van der Waals surface area contributed by atoms with Gasteiger partial charge in [-0.1, -0.05) is 17.7 Å². The van der Waals surface area contributed by atoms with Gasteiger partial charge in [-0.2, -0.15) is 8.42 Å². The van der Waals surface area contributed by atoms with Gasteiger partial charge < -0.3 is 8.75 Å². The average Bonchev–Trinajstić information content (AvgIpc) is 2.80. The Morgan fingerprint density at radius 2 is 1.71 bits per heavy atom. The second-order valence-electron chi connectivity index (χ2n) is 5.00. The molecule has 1 aromatic heterocycles. The van der Waals surface area contributed by atoms with E-state index in [-0.39, 0.29) is 4.90 Å². The highest BCUT2D eigenvalue weighted by Gasteiger charge is 2.16. The van der Waals surface area contributed by atoms with Gasteiger partial charge in [0.25, 0.3) is 0 Å². The monoisotopic (exact) mass is 301 g/mol. The molecule has 1 heterocycles. The molecule has 0 saturated carbocycles. The van der Waals surface area contributed by atoms with Gasteiger partial charge in [-0.3, -0.25) is 0 Å². The third-order valence-electron chi connectivity index (χ3n) is 3.37. The van der Waals surface area contributed by atoms with Crippen molar-refractivity contribution in [3.8, 4) is 5.75 Å². The SMILES string of the molecule is Cc1ccc(S(=O)(=O)Oc2ccc3c(ccn3C)c2)cc1. The summed E-state index contributed by atoms with van der Waals surface area (Å²) in [5.74, 6) is 0.314. The maximum atomic E-state index is 12.2. The highest BCUT2D eigenvalue weighted by atomic mass is 32.2. The fourth-order valence-electron chi connectivity index (χ4n) is 2.19. The molecule has 21 heavy (non-hydrogen) atoms. The number of aryl methyl sites for hydroxylation is 2. The Morgan fingerprint density at radius 1 is 1.00 bits per heavy atom. The van der Waals surface area contributed by atoms with E-state index in [1.54, 1.807) is 36.4 Å². The van der Waals surface area contributed by atoms with E-state index in [1.165, 1.54) is 0 Å². The van der Waals surface area contributed by atoms with Gasteiger partial charge in [0.05, 0.1) is 0 Å². The molecule has 0 radical (unpaired) electrons. The maximum absolute atomic E-state index is 12.2. The number of rotatable bonds is 3. The lowest BCUT2D eigenvalue weighted by molar-refractivity contribution is 0.486. The third-order valence-corrected chi connectivity index (χ3v) is 4.63. The van der Waals surface area contributed by atoms with E-state index in [4.69, 9.17) is 4.18 Å². The molecule has 0 amide bonds. The topological polar surface area (TPSA) is 48.3 Å². The zero-order valence-electron chi connectivity index (χ0n) is 11.8. The third kappa shape index (κ3) is 2.64. The Labute approximate surface area is 123 Å². The number of aromatic nitrogens is 1. The summed E-state index contributed by atoms with van der Waals surface area (Å²) in [7, 11) is -1.86. The molecule has 0 unspecified atom stereocenters. The molecule has 0 bridgehead atoms. The van der Waals surface area contributed by atoms with Gasteiger partial charge in [0.2, 0.25) is 0 Å². The highest BCUT2D eigenvalue weighted by molar-refractivity contribution is 7.87. The molecule has 5 heteroatoms. The van der Waals surface area contributed by atoms with Gasteiger partial charge in [0.1, 0.15) is 10.6 Å². The summed E-state index contributed by atoms with van der Waals surface area (Å²) < 4.78 is 31.6. The van der Waals surface area contributed by atoms with Crippen molar-refractivity contribution in [3.05, 3.63) is 60.3 Å². The Hall–Kier alpha value is -2.27. The molecule has 0 spiro atoms. The molecule has 3 rings (SSSR count). The fraction of sp³-hybridized carbons (Fsp3) is 0.125. The molecular weight excluding hydrogens is 286 g/mol. The van der Waals surface area contributed by atoms with Gasteiger partial charge in [-0.05, 0) is 43.3 Å². The summed E-state index contributed by atoms with van der Waals surface area (Å²) in [5, 5.41) is 0.939. The Balaban J connectivity index is 1.95. The van der Waals surface area contributed by atoms with E-state index in [1.807, 2.05) is 36.9 Å². The van der Waals surface area contributed by atoms with Crippen LogP contribution >= 0.6 is 0 Å². The largest absolute Gasteiger partial charge is 0.379 e. The summed E-state index contributed by atoms with van der Waals surface area (Å²) >= 11 is 0. The van der Waals surface area contributed by atoms with Crippen LogP contribution in [0.4, 0.5) is 0 Å². The Morgan fingerprint density at radius 3 is 2.43 bits per heavy atom. The molecule has 2 aromatic carbocycles. The summed E-state index contributed by atoms with van der Waals surface area (Å²) in [5.41, 5.74) is 2.02. The van der Waals surface area contributed by atoms with E-state index in [0.717, 1.165) is 16.5 Å². The minimum atomic E-state index is -3.80. The predicted molar refractivity (Wildman–Crippen MR) is 81.9 cm³/mol. The predicted octanol–water partition coefficient (Wildman–Crippen LogP) is 3.25. The molecule has 4 nitrogen and oxygen atoms in total. The summed E-state index contributed by atoms with van der Waals surface area (Å²) in [6, 6.07) is 13.7. The lowest BCUT2D eigenvalue weighted by Crippen LogP contribution is -2.09. The van der Waals surface area contributed by atoms with Gasteiger partial charge in [0, 0.05) is 24.1 Å². The van der Waals surface area contributed by atoms with E-state index in [0.29, 0.717) is 5.75 Å². The van der Waals surface area contributed by atoms with Crippen LogP contribution in [0.1, 0.15) is 5.56 Å². The molecule has 0 atom stereocenters. The molecule has 0 aliphatic carbocycles. The molecule has 0 aliphatic rings. The first kappa shape index (κ1) is 13.7. The van der Waals surface area contributed by atoms with Crippen LogP contribution < -0.4 is 4.18 Å². The van der Waals surface area contributed by atoms with E-state index < -0.39 is 10.1 Å². The minimum Gasteiger partial charge on any atom is -0.379 e. The van der Waals surface area contributed by atoms with Gasteiger partial charge in [0.15, 0.2) is 0 Å². The van der Waals surface area contributed by atoms with Crippen LogP contribution in [-0.4, -0.2) is 13.0 Å². The lowest BCUT2D eigenvalue weighted by atomic mass is 10.2. The molecule has 0 saturated heterocycles. The van der Waals surface area contributed by atoms with E-state index in [2.05, 4.69) is 0 Å². The number of fused-ring (bicyclic) bond motifs is 1. The van der Waals surface area contributed by atoms with Crippen LogP contribution in [0.15, 0.2) is 59.6 Å². The van der Waals surface area contributed by atoms with Gasteiger partial charge >= 0.3 is 10.1 Å². The first-order valence-corrected chi connectivity index (χ1v) is 7.93. The van der Waals surface area contributed by atoms with Crippen molar-refractivity contribution in [2.24, 2.45) is 7.05 Å². The standard InChI is InChI=1S/C16H15NO3S/c1-12-3-6-15(7-4-12)21(18,19)20-14-5-8-16-13(11-14)9-10-17(16)2/h3-11H,1-2H3. The van der Waals surface area contributed by atoms with E-state index >= 15 is 0 Å². The van der Waals surface area contributed by atoms with Crippen LogP contribution in [0.2, 0.25) is 0 Å². The number of hydrogen-bond acceptors (Lipinski definition) is 3. The van der Waals surface area contributed by atoms with Crippen LogP contribution in [0, 0.1) is 6.92 Å². The highest BCUT2D eigenvalue weighted by Crippen LogP contribution is 2.24. The molecular formula is C16H15NO3S. The molecule has 0 fully saturated rings. The van der Waals surface area contributed by atoms with Gasteiger partial charge in [-0.15, -0.1) is 0 Å². The second kappa shape index (κ2) is 4.93. The zero-order chi connectivity index (χ0) is 15.0. The van der Waals surface area contributed by atoms with Crippen molar-refractivity contribution in [1.29, 1.82) is 0 Å². The first-order valence-electron chi connectivity index (χ1n) is 6.52. The molecule has 0 aliphatic heterocycles.